The molecular formula is C21H28N4O2. The summed E-state index contributed by atoms with van der Waals surface area (Å²) < 4.78 is 1.57. The number of ketones is 1. The van der Waals surface area contributed by atoms with Crippen molar-refractivity contribution in [1.82, 2.24) is 19.7 Å². The molecule has 27 heavy (non-hydrogen) atoms. The Morgan fingerprint density at radius 2 is 1.78 bits per heavy atom. The minimum atomic E-state index is -0.367. The Morgan fingerprint density at radius 3 is 2.33 bits per heavy atom. The summed E-state index contributed by atoms with van der Waals surface area (Å²) in [6.45, 7) is 7.43. The van der Waals surface area contributed by atoms with Gasteiger partial charge in [-0.3, -0.25) is 9.59 Å². The third kappa shape index (κ3) is 4.62. The van der Waals surface area contributed by atoms with Gasteiger partial charge in [-0.05, 0) is 37.7 Å². The quantitative estimate of drug-likeness (QED) is 0.735. The summed E-state index contributed by atoms with van der Waals surface area (Å²) in [5.41, 5.74) is 2.05. The van der Waals surface area contributed by atoms with E-state index < -0.39 is 0 Å². The number of nitrogens with zero attached hydrogens (tertiary/aromatic N) is 4. The van der Waals surface area contributed by atoms with Gasteiger partial charge in [-0.2, -0.15) is 5.10 Å². The van der Waals surface area contributed by atoms with Crippen LogP contribution in [0.5, 0.6) is 0 Å². The van der Waals surface area contributed by atoms with Crippen molar-refractivity contribution in [3.05, 3.63) is 48.0 Å². The van der Waals surface area contributed by atoms with Gasteiger partial charge in [0.25, 0.3) is 0 Å². The molecule has 1 aliphatic rings. The molecule has 1 atom stereocenters. The molecule has 0 saturated carbocycles. The van der Waals surface area contributed by atoms with Crippen LogP contribution in [0.25, 0.3) is 0 Å². The molecule has 1 saturated heterocycles. The summed E-state index contributed by atoms with van der Waals surface area (Å²) in [5.74, 6) is 0.826. The summed E-state index contributed by atoms with van der Waals surface area (Å²) in [7, 11) is 0. The minimum absolute atomic E-state index is 0.00771. The highest BCUT2D eigenvalue weighted by Gasteiger charge is 2.30. The number of piperidine rings is 1. The van der Waals surface area contributed by atoms with Crippen LogP contribution in [0.4, 0.5) is 0 Å². The number of hydrogen-bond donors (Lipinski definition) is 0. The second-order valence-electron chi connectivity index (χ2n) is 7.81. The molecule has 0 unspecified atom stereocenters. The van der Waals surface area contributed by atoms with E-state index in [-0.39, 0.29) is 23.7 Å². The van der Waals surface area contributed by atoms with Crippen LogP contribution in [0.3, 0.4) is 0 Å². The molecular weight excluding hydrogens is 340 g/mol. The van der Waals surface area contributed by atoms with Crippen molar-refractivity contribution in [2.75, 3.05) is 13.1 Å². The van der Waals surface area contributed by atoms with E-state index in [0.29, 0.717) is 31.8 Å². The maximum Gasteiger partial charge on any atom is 0.247 e. The molecule has 0 N–H and O–H groups in total. The van der Waals surface area contributed by atoms with E-state index in [2.05, 4.69) is 36.1 Å². The van der Waals surface area contributed by atoms with E-state index >= 15 is 0 Å². The van der Waals surface area contributed by atoms with E-state index in [4.69, 9.17) is 0 Å². The van der Waals surface area contributed by atoms with Gasteiger partial charge >= 0.3 is 0 Å². The van der Waals surface area contributed by atoms with Crippen molar-refractivity contribution in [2.24, 2.45) is 11.8 Å². The number of hydrogen-bond acceptors (Lipinski definition) is 4. The van der Waals surface area contributed by atoms with Crippen LogP contribution in [-0.4, -0.2) is 44.4 Å². The molecule has 3 rings (SSSR count). The van der Waals surface area contributed by atoms with E-state index in [9.17, 15) is 9.59 Å². The highest BCUT2D eigenvalue weighted by Crippen LogP contribution is 2.24. The van der Waals surface area contributed by atoms with Crippen LogP contribution >= 0.6 is 0 Å². The standard InChI is InChI=1S/C21H28N4O2/c1-15(2)12-17-4-6-18(7-5-17)20(26)19-8-10-24(11-9-19)21(27)16(3)25-14-22-13-23-25/h4-7,13-16,19H,8-12H2,1-3H3/t16-/m0/s1. The van der Waals surface area contributed by atoms with Crippen LogP contribution < -0.4 is 0 Å². The lowest BCUT2D eigenvalue weighted by atomic mass is 9.88. The monoisotopic (exact) mass is 368 g/mol. The third-order valence-corrected chi connectivity index (χ3v) is 5.25. The summed E-state index contributed by atoms with van der Waals surface area (Å²) >= 11 is 0. The molecule has 0 radical (unpaired) electrons. The van der Waals surface area contributed by atoms with Gasteiger partial charge < -0.3 is 4.90 Å². The first-order chi connectivity index (χ1) is 13.0. The molecule has 0 spiro atoms. The van der Waals surface area contributed by atoms with Crippen molar-refractivity contribution in [2.45, 2.75) is 46.1 Å². The van der Waals surface area contributed by atoms with Crippen molar-refractivity contribution < 1.29 is 9.59 Å². The number of carbonyl (C=O) groups excluding carboxylic acids is 2. The minimum Gasteiger partial charge on any atom is -0.341 e. The van der Waals surface area contributed by atoms with Crippen LogP contribution in [0.2, 0.25) is 0 Å². The van der Waals surface area contributed by atoms with Crippen LogP contribution in [0, 0.1) is 11.8 Å². The van der Waals surface area contributed by atoms with Crippen LogP contribution in [-0.2, 0) is 11.2 Å². The molecule has 1 amide bonds. The van der Waals surface area contributed by atoms with Gasteiger partial charge in [0.2, 0.25) is 5.91 Å². The predicted octanol–water partition coefficient (Wildman–Crippen LogP) is 3.16. The predicted molar refractivity (Wildman–Crippen MR) is 103 cm³/mol. The lowest BCUT2D eigenvalue weighted by molar-refractivity contribution is -0.135. The Balaban J connectivity index is 1.55. The maximum absolute atomic E-state index is 12.8. The number of carbonyl (C=O) groups is 2. The van der Waals surface area contributed by atoms with Gasteiger partial charge in [-0.25, -0.2) is 9.67 Å². The fourth-order valence-electron chi connectivity index (χ4n) is 3.67. The van der Waals surface area contributed by atoms with Crippen molar-refractivity contribution in [3.63, 3.8) is 0 Å². The average Bonchev–Trinajstić information content (AvgIpc) is 3.21. The Bertz CT molecular complexity index is 760. The number of aromatic nitrogens is 3. The normalized spacial score (nSPS) is 16.5. The van der Waals surface area contributed by atoms with Gasteiger partial charge in [-0.15, -0.1) is 0 Å². The molecule has 1 aromatic carbocycles. The van der Waals surface area contributed by atoms with E-state index in [1.807, 2.05) is 24.0 Å². The Kier molecular flexibility index (Phi) is 6.04. The molecule has 144 valence electrons. The van der Waals surface area contributed by atoms with Gasteiger partial charge in [0.15, 0.2) is 5.78 Å². The lowest BCUT2D eigenvalue weighted by Crippen LogP contribution is -2.43. The third-order valence-electron chi connectivity index (χ3n) is 5.25. The van der Waals surface area contributed by atoms with E-state index in [1.165, 1.54) is 11.9 Å². The molecule has 1 aliphatic heterocycles. The number of rotatable bonds is 6. The van der Waals surface area contributed by atoms with E-state index in [0.717, 1.165) is 12.0 Å². The molecule has 2 aromatic rings. The van der Waals surface area contributed by atoms with Gasteiger partial charge in [0.1, 0.15) is 18.7 Å². The molecule has 0 aliphatic carbocycles. The summed E-state index contributed by atoms with van der Waals surface area (Å²) in [4.78, 5) is 31.2. The summed E-state index contributed by atoms with van der Waals surface area (Å²) in [6.07, 6.45) is 5.44. The molecule has 1 fully saturated rings. The fourth-order valence-corrected chi connectivity index (χ4v) is 3.67. The Labute approximate surface area is 160 Å². The van der Waals surface area contributed by atoms with Crippen molar-refractivity contribution in [3.8, 4) is 0 Å². The number of benzene rings is 1. The molecule has 6 heteroatoms. The zero-order chi connectivity index (χ0) is 19.4. The first-order valence-electron chi connectivity index (χ1n) is 9.71. The number of amides is 1. The lowest BCUT2D eigenvalue weighted by Gasteiger charge is -2.33. The largest absolute Gasteiger partial charge is 0.341 e. The topological polar surface area (TPSA) is 68.1 Å². The average molecular weight is 368 g/mol. The first kappa shape index (κ1) is 19.3. The van der Waals surface area contributed by atoms with Crippen LogP contribution in [0.1, 0.15) is 55.6 Å². The van der Waals surface area contributed by atoms with Crippen molar-refractivity contribution in [1.29, 1.82) is 0 Å². The number of likely N-dealkylation sites (tertiary alicyclic amines) is 1. The van der Waals surface area contributed by atoms with Gasteiger partial charge in [0, 0.05) is 24.6 Å². The molecule has 0 bridgehead atoms. The summed E-state index contributed by atoms with van der Waals surface area (Å²) in [6, 6.07) is 7.65. The molecule has 2 heterocycles. The molecule has 6 nitrogen and oxygen atoms in total. The molecule has 1 aromatic heterocycles. The first-order valence-corrected chi connectivity index (χ1v) is 9.71. The maximum atomic E-state index is 12.8. The zero-order valence-electron chi connectivity index (χ0n) is 16.3. The van der Waals surface area contributed by atoms with Gasteiger partial charge in [0.05, 0.1) is 0 Å². The second kappa shape index (κ2) is 8.46. The second-order valence-corrected chi connectivity index (χ2v) is 7.81. The zero-order valence-corrected chi connectivity index (χ0v) is 16.3. The SMILES string of the molecule is CC(C)Cc1ccc(C(=O)C2CCN(C(=O)[C@H](C)n3cncn3)CC2)cc1. The smallest absolute Gasteiger partial charge is 0.247 e. The van der Waals surface area contributed by atoms with E-state index in [1.54, 1.807) is 11.0 Å². The Hall–Kier alpha value is -2.50. The Morgan fingerprint density at radius 1 is 1.11 bits per heavy atom. The highest BCUT2D eigenvalue weighted by molar-refractivity contribution is 5.98. The van der Waals surface area contributed by atoms with Crippen LogP contribution in [0.15, 0.2) is 36.9 Å². The summed E-state index contributed by atoms with van der Waals surface area (Å²) in [5, 5.41) is 4.04. The van der Waals surface area contributed by atoms with Gasteiger partial charge in [-0.1, -0.05) is 38.1 Å². The fraction of sp³-hybridized carbons (Fsp3) is 0.524. The highest BCUT2D eigenvalue weighted by atomic mass is 16.2. The van der Waals surface area contributed by atoms with Crippen molar-refractivity contribution >= 4 is 11.7 Å². The number of Topliss-reactive ketones (excluding diaryl/α,β-unsaturated/α-hetero) is 1.